The first-order chi connectivity index (χ1) is 10.9. The summed E-state index contributed by atoms with van der Waals surface area (Å²) in [6.45, 7) is 0. The maximum Gasteiger partial charge on any atom is 0.229 e. The Morgan fingerprint density at radius 1 is 1.09 bits per heavy atom. The molecule has 3 N–H and O–H groups in total. The highest BCUT2D eigenvalue weighted by Gasteiger charge is 2.09. The molecule has 0 atom stereocenters. The molecular weight excluding hydrogens is 330 g/mol. The lowest BCUT2D eigenvalue weighted by atomic mass is 10.1. The fourth-order valence-corrected chi connectivity index (χ4v) is 3.59. The molecule has 5 nitrogen and oxygen atoms in total. The summed E-state index contributed by atoms with van der Waals surface area (Å²) >= 11 is 1.52. The number of nitrogens with zero attached hydrogens (tertiary/aromatic N) is 1. The first-order valence-electron chi connectivity index (χ1n) is 6.81. The fourth-order valence-electron chi connectivity index (χ4n) is 2.14. The van der Waals surface area contributed by atoms with E-state index in [0.717, 1.165) is 28.1 Å². The predicted octanol–water partition coefficient (Wildman–Crippen LogP) is 3.43. The molecule has 0 amide bonds. The van der Waals surface area contributed by atoms with Crippen LogP contribution in [0.4, 0.5) is 11.4 Å². The van der Waals surface area contributed by atoms with Gasteiger partial charge in [0.2, 0.25) is 10.0 Å². The molecule has 0 fully saturated rings. The molecule has 0 saturated heterocycles. The van der Waals surface area contributed by atoms with Gasteiger partial charge in [-0.25, -0.2) is 13.4 Å². The monoisotopic (exact) mass is 345 g/mol. The molecule has 23 heavy (non-hydrogen) atoms. The van der Waals surface area contributed by atoms with Gasteiger partial charge in [0, 0.05) is 27.9 Å². The quantitative estimate of drug-likeness (QED) is 0.709. The summed E-state index contributed by atoms with van der Waals surface area (Å²) in [5, 5.41) is 2.82. The van der Waals surface area contributed by atoms with Crippen molar-refractivity contribution in [1.29, 1.82) is 0 Å². The minimum atomic E-state index is -3.27. The zero-order chi connectivity index (χ0) is 16.4. The van der Waals surface area contributed by atoms with Crippen LogP contribution in [0, 0.1) is 0 Å². The molecule has 3 rings (SSSR count). The van der Waals surface area contributed by atoms with Crippen molar-refractivity contribution in [1.82, 2.24) is 4.98 Å². The number of rotatable bonds is 4. The van der Waals surface area contributed by atoms with Gasteiger partial charge in [0.25, 0.3) is 0 Å². The first kappa shape index (κ1) is 15.5. The van der Waals surface area contributed by atoms with Crippen LogP contribution < -0.4 is 10.5 Å². The van der Waals surface area contributed by atoms with E-state index in [-0.39, 0.29) is 0 Å². The lowest BCUT2D eigenvalue weighted by molar-refractivity contribution is 0.607. The van der Waals surface area contributed by atoms with Crippen molar-refractivity contribution in [3.63, 3.8) is 0 Å². The molecule has 0 unspecified atom stereocenters. The highest BCUT2D eigenvalue weighted by Crippen LogP contribution is 2.32. The van der Waals surface area contributed by atoms with Gasteiger partial charge in [-0.05, 0) is 24.3 Å². The number of nitrogen functional groups attached to an aromatic ring is 1. The Balaban J connectivity index is 1.88. The van der Waals surface area contributed by atoms with Gasteiger partial charge in [0.05, 0.1) is 11.9 Å². The third-order valence-corrected chi connectivity index (χ3v) is 4.66. The number of nitrogens with one attached hydrogen (secondary N) is 1. The van der Waals surface area contributed by atoms with Crippen LogP contribution in [0.25, 0.3) is 21.8 Å². The topological polar surface area (TPSA) is 85.1 Å². The van der Waals surface area contributed by atoms with E-state index in [9.17, 15) is 8.42 Å². The highest BCUT2D eigenvalue weighted by atomic mass is 32.2. The summed E-state index contributed by atoms with van der Waals surface area (Å²) in [6, 6.07) is 14.7. The number of aromatic nitrogens is 1. The summed E-state index contributed by atoms with van der Waals surface area (Å²) in [7, 11) is -3.27. The van der Waals surface area contributed by atoms with Crippen LogP contribution in [0.5, 0.6) is 0 Å². The lowest BCUT2D eigenvalue weighted by Crippen LogP contribution is -2.09. The maximum atomic E-state index is 11.2. The molecule has 2 aromatic carbocycles. The molecule has 1 heterocycles. The minimum absolute atomic E-state index is 0.527. The average Bonchev–Trinajstić information content (AvgIpc) is 2.96. The summed E-state index contributed by atoms with van der Waals surface area (Å²) in [5.74, 6) is 0. The molecule has 0 aliphatic carbocycles. The van der Waals surface area contributed by atoms with Gasteiger partial charge in [-0.2, -0.15) is 0 Å². The Labute approximate surface area is 138 Å². The van der Waals surface area contributed by atoms with E-state index in [2.05, 4.69) is 9.71 Å². The van der Waals surface area contributed by atoms with Gasteiger partial charge >= 0.3 is 0 Å². The normalized spacial score (nSPS) is 11.3. The number of thiazole rings is 1. The summed E-state index contributed by atoms with van der Waals surface area (Å²) < 4.78 is 24.9. The van der Waals surface area contributed by atoms with Crippen molar-refractivity contribution in [2.75, 3.05) is 16.7 Å². The Kier molecular flexibility index (Phi) is 4.06. The van der Waals surface area contributed by atoms with Gasteiger partial charge in [-0.3, -0.25) is 4.72 Å². The second-order valence-corrected chi connectivity index (χ2v) is 7.68. The van der Waals surface area contributed by atoms with E-state index in [1.807, 2.05) is 41.8 Å². The van der Waals surface area contributed by atoms with Crippen molar-refractivity contribution in [3.8, 4) is 21.8 Å². The van der Waals surface area contributed by atoms with Crippen molar-refractivity contribution in [3.05, 3.63) is 53.9 Å². The number of para-hydroxylation sites is 1. The van der Waals surface area contributed by atoms with E-state index in [4.69, 9.17) is 5.73 Å². The molecule has 1 aromatic heterocycles. The molecule has 0 spiro atoms. The van der Waals surface area contributed by atoms with Gasteiger partial charge in [0.1, 0.15) is 5.01 Å². The van der Waals surface area contributed by atoms with Gasteiger partial charge in [0.15, 0.2) is 0 Å². The Morgan fingerprint density at radius 3 is 2.43 bits per heavy atom. The number of anilines is 2. The number of hydrogen-bond acceptors (Lipinski definition) is 5. The fraction of sp³-hybridized carbons (Fsp3) is 0.0625. The Morgan fingerprint density at radius 2 is 1.78 bits per heavy atom. The zero-order valence-corrected chi connectivity index (χ0v) is 14.0. The Bertz CT molecular complexity index is 932. The SMILES string of the molecule is CS(=O)(=O)Nc1ccc(-c2csc(-c3ccccc3N)n2)cc1. The first-order valence-corrected chi connectivity index (χ1v) is 9.58. The van der Waals surface area contributed by atoms with Gasteiger partial charge in [-0.1, -0.05) is 24.3 Å². The van der Waals surface area contributed by atoms with Crippen molar-refractivity contribution in [2.45, 2.75) is 0 Å². The third kappa shape index (κ3) is 3.69. The van der Waals surface area contributed by atoms with Crippen LogP contribution >= 0.6 is 11.3 Å². The molecule has 0 radical (unpaired) electrons. The van der Waals surface area contributed by atoms with E-state index in [1.165, 1.54) is 11.3 Å². The average molecular weight is 345 g/mol. The molecule has 0 bridgehead atoms. The van der Waals surface area contributed by atoms with Crippen molar-refractivity contribution >= 4 is 32.7 Å². The van der Waals surface area contributed by atoms with Crippen LogP contribution in [0.1, 0.15) is 0 Å². The number of sulfonamides is 1. The highest BCUT2D eigenvalue weighted by molar-refractivity contribution is 7.92. The number of benzene rings is 2. The zero-order valence-electron chi connectivity index (χ0n) is 12.4. The molecule has 0 saturated carbocycles. The van der Waals surface area contributed by atoms with Crippen molar-refractivity contribution < 1.29 is 8.42 Å². The van der Waals surface area contributed by atoms with E-state index in [0.29, 0.717) is 11.4 Å². The van der Waals surface area contributed by atoms with Crippen LogP contribution in [0.2, 0.25) is 0 Å². The number of hydrogen-bond donors (Lipinski definition) is 2. The summed E-state index contributed by atoms with van der Waals surface area (Å²) in [5.41, 5.74) is 9.87. The minimum Gasteiger partial charge on any atom is -0.398 e. The van der Waals surface area contributed by atoms with Crippen LogP contribution in [0.3, 0.4) is 0 Å². The number of nitrogens with two attached hydrogens (primary N) is 1. The van der Waals surface area contributed by atoms with Crippen molar-refractivity contribution in [2.24, 2.45) is 0 Å². The van der Waals surface area contributed by atoms with Crippen LogP contribution in [-0.4, -0.2) is 19.7 Å². The van der Waals surface area contributed by atoms with E-state index >= 15 is 0 Å². The predicted molar refractivity (Wildman–Crippen MR) is 95.9 cm³/mol. The molecule has 0 aliphatic heterocycles. The summed E-state index contributed by atoms with van der Waals surface area (Å²) in [6.07, 6.45) is 1.12. The molecule has 3 aromatic rings. The van der Waals surface area contributed by atoms with Gasteiger partial charge in [-0.15, -0.1) is 11.3 Å². The summed E-state index contributed by atoms with van der Waals surface area (Å²) in [4.78, 5) is 4.62. The van der Waals surface area contributed by atoms with Gasteiger partial charge < -0.3 is 5.73 Å². The van der Waals surface area contributed by atoms with E-state index < -0.39 is 10.0 Å². The van der Waals surface area contributed by atoms with E-state index in [1.54, 1.807) is 12.1 Å². The second kappa shape index (κ2) is 6.02. The molecular formula is C16H15N3O2S2. The standard InChI is InChI=1S/C16H15N3O2S2/c1-23(20,21)19-12-8-6-11(7-9-12)15-10-22-16(18-15)13-4-2-3-5-14(13)17/h2-10,19H,17H2,1H3. The molecule has 118 valence electrons. The lowest BCUT2D eigenvalue weighted by Gasteiger charge is -2.04. The molecule has 7 heteroatoms. The van der Waals surface area contributed by atoms with Crippen LogP contribution in [0.15, 0.2) is 53.9 Å². The smallest absolute Gasteiger partial charge is 0.229 e. The third-order valence-electron chi connectivity index (χ3n) is 3.18. The largest absolute Gasteiger partial charge is 0.398 e. The Hall–Kier alpha value is -2.38. The molecule has 0 aliphatic rings. The van der Waals surface area contributed by atoms with Crippen LogP contribution in [-0.2, 0) is 10.0 Å². The maximum absolute atomic E-state index is 11.2. The second-order valence-electron chi connectivity index (χ2n) is 5.08.